The molecule has 0 aromatic rings. The standard InChI is InChI=1S/C5H6F6N2O/c6-4(7,8)2(1-12)13-3(14)5(9,10)11/h2H,1,12H2,(H,13,14)/t2-/m1/s1. The van der Waals surface area contributed by atoms with E-state index in [0.717, 1.165) is 5.32 Å². The van der Waals surface area contributed by atoms with E-state index in [1.165, 1.54) is 0 Å². The lowest BCUT2D eigenvalue weighted by Crippen LogP contribution is -2.53. The first kappa shape index (κ1) is 13.0. The predicted octanol–water partition coefficient (Wildman–Crippen LogP) is 0.555. The van der Waals surface area contributed by atoms with E-state index < -0.39 is 30.8 Å². The summed E-state index contributed by atoms with van der Waals surface area (Å²) in [4.78, 5) is 10.1. The van der Waals surface area contributed by atoms with Gasteiger partial charge in [0.1, 0.15) is 6.04 Å². The van der Waals surface area contributed by atoms with Crippen molar-refractivity contribution in [1.82, 2.24) is 5.32 Å². The van der Waals surface area contributed by atoms with Gasteiger partial charge in [-0.3, -0.25) is 4.79 Å². The summed E-state index contributed by atoms with van der Waals surface area (Å²) in [6.45, 7) is -1.15. The number of hydrogen-bond donors (Lipinski definition) is 2. The van der Waals surface area contributed by atoms with Gasteiger partial charge in [0.05, 0.1) is 0 Å². The van der Waals surface area contributed by atoms with E-state index in [-0.39, 0.29) is 0 Å². The number of carbonyl (C=O) groups excluding carboxylic acids is 1. The largest absolute Gasteiger partial charge is 0.471 e. The molecular weight excluding hydrogens is 218 g/mol. The van der Waals surface area contributed by atoms with Crippen molar-refractivity contribution >= 4 is 5.91 Å². The van der Waals surface area contributed by atoms with Crippen LogP contribution < -0.4 is 11.1 Å². The highest BCUT2D eigenvalue weighted by Gasteiger charge is 2.46. The maximum atomic E-state index is 11.8. The molecule has 9 heteroatoms. The van der Waals surface area contributed by atoms with Crippen LogP contribution in [0.3, 0.4) is 0 Å². The quantitative estimate of drug-likeness (QED) is 0.673. The van der Waals surface area contributed by atoms with E-state index in [1.807, 2.05) is 0 Å². The SMILES string of the molecule is NC[C@@H](NC(=O)C(F)(F)F)C(F)(F)F. The van der Waals surface area contributed by atoms with Gasteiger partial charge in [0.25, 0.3) is 0 Å². The van der Waals surface area contributed by atoms with Gasteiger partial charge in [-0.25, -0.2) is 0 Å². The number of nitrogens with two attached hydrogens (primary N) is 1. The topological polar surface area (TPSA) is 55.1 Å². The Kier molecular flexibility index (Phi) is 3.74. The molecule has 84 valence electrons. The molecule has 0 radical (unpaired) electrons. The van der Waals surface area contributed by atoms with Crippen LogP contribution in [0.25, 0.3) is 0 Å². The Bertz CT molecular complexity index is 209. The van der Waals surface area contributed by atoms with Gasteiger partial charge in [-0.1, -0.05) is 0 Å². The molecule has 0 aliphatic rings. The third kappa shape index (κ3) is 3.81. The molecule has 14 heavy (non-hydrogen) atoms. The zero-order chi connectivity index (χ0) is 11.6. The number of rotatable bonds is 2. The van der Waals surface area contributed by atoms with Gasteiger partial charge in [0, 0.05) is 6.54 Å². The summed E-state index contributed by atoms with van der Waals surface area (Å²) in [7, 11) is 0. The second-order valence-electron chi connectivity index (χ2n) is 2.30. The number of amides is 1. The molecule has 0 spiro atoms. The summed E-state index contributed by atoms with van der Waals surface area (Å²) in [5.41, 5.74) is 4.55. The Morgan fingerprint density at radius 3 is 1.86 bits per heavy atom. The zero-order valence-electron chi connectivity index (χ0n) is 6.54. The molecule has 0 unspecified atom stereocenters. The van der Waals surface area contributed by atoms with Crippen LogP contribution in [0.2, 0.25) is 0 Å². The van der Waals surface area contributed by atoms with Crippen molar-refractivity contribution in [2.24, 2.45) is 5.73 Å². The maximum Gasteiger partial charge on any atom is 0.471 e. The highest BCUT2D eigenvalue weighted by atomic mass is 19.4. The first-order valence-electron chi connectivity index (χ1n) is 3.23. The molecule has 0 heterocycles. The lowest BCUT2D eigenvalue weighted by Gasteiger charge is -2.20. The van der Waals surface area contributed by atoms with Crippen LogP contribution in [0.4, 0.5) is 26.3 Å². The van der Waals surface area contributed by atoms with Gasteiger partial charge in [0.15, 0.2) is 0 Å². The van der Waals surface area contributed by atoms with Gasteiger partial charge < -0.3 is 11.1 Å². The highest BCUT2D eigenvalue weighted by molar-refractivity contribution is 5.82. The number of hydrogen-bond acceptors (Lipinski definition) is 2. The van der Waals surface area contributed by atoms with Crippen molar-refractivity contribution in [2.75, 3.05) is 6.54 Å². The Hall–Kier alpha value is -0.990. The summed E-state index contributed by atoms with van der Waals surface area (Å²) in [6, 6.07) is -2.68. The molecule has 0 bridgehead atoms. The number of halogens is 6. The summed E-state index contributed by atoms with van der Waals surface area (Å²) in [5, 5.41) is 0.733. The lowest BCUT2D eigenvalue weighted by atomic mass is 10.3. The minimum Gasteiger partial charge on any atom is -0.336 e. The Morgan fingerprint density at radius 1 is 1.21 bits per heavy atom. The highest BCUT2D eigenvalue weighted by Crippen LogP contribution is 2.21. The first-order chi connectivity index (χ1) is 6.09. The van der Waals surface area contributed by atoms with Crippen molar-refractivity contribution in [3.63, 3.8) is 0 Å². The van der Waals surface area contributed by atoms with Crippen LogP contribution in [0.1, 0.15) is 0 Å². The molecule has 0 saturated carbocycles. The molecule has 0 aromatic carbocycles. The maximum absolute atomic E-state index is 11.8. The summed E-state index contributed by atoms with van der Waals surface area (Å²) >= 11 is 0. The smallest absolute Gasteiger partial charge is 0.336 e. The summed E-state index contributed by atoms with van der Waals surface area (Å²) in [5.74, 6) is -2.66. The predicted molar refractivity (Wildman–Crippen MR) is 33.1 cm³/mol. The third-order valence-electron chi connectivity index (χ3n) is 1.19. The Labute approximate surface area is 74.2 Å². The molecule has 0 rings (SSSR count). The Balaban J connectivity index is 4.43. The minimum atomic E-state index is -5.35. The van der Waals surface area contributed by atoms with Gasteiger partial charge in [-0.15, -0.1) is 0 Å². The fourth-order valence-corrected chi connectivity index (χ4v) is 0.514. The lowest BCUT2D eigenvalue weighted by molar-refractivity contribution is -0.186. The second-order valence-corrected chi connectivity index (χ2v) is 2.30. The van der Waals surface area contributed by atoms with Crippen molar-refractivity contribution in [3.8, 4) is 0 Å². The normalized spacial score (nSPS) is 15.1. The summed E-state index contributed by atoms with van der Waals surface area (Å²) < 4.78 is 70.0. The van der Waals surface area contributed by atoms with E-state index in [1.54, 1.807) is 0 Å². The van der Waals surface area contributed by atoms with Crippen LogP contribution >= 0.6 is 0 Å². The van der Waals surface area contributed by atoms with Crippen LogP contribution in [-0.2, 0) is 4.79 Å². The minimum absolute atomic E-state index is 0.733. The molecule has 0 aliphatic heterocycles. The van der Waals surface area contributed by atoms with Crippen LogP contribution in [0.5, 0.6) is 0 Å². The number of carbonyl (C=O) groups is 1. The van der Waals surface area contributed by atoms with Crippen LogP contribution in [0.15, 0.2) is 0 Å². The number of alkyl halides is 6. The number of nitrogens with one attached hydrogen (secondary N) is 1. The van der Waals surface area contributed by atoms with Crippen molar-refractivity contribution in [2.45, 2.75) is 18.4 Å². The molecule has 3 N–H and O–H groups in total. The molecule has 0 aromatic heterocycles. The van der Waals surface area contributed by atoms with Gasteiger partial charge in [-0.2, -0.15) is 26.3 Å². The average Bonchev–Trinajstić information content (AvgIpc) is 1.95. The van der Waals surface area contributed by atoms with Gasteiger partial charge in [-0.05, 0) is 0 Å². The van der Waals surface area contributed by atoms with Crippen molar-refractivity contribution in [1.29, 1.82) is 0 Å². The average molecular weight is 224 g/mol. The van der Waals surface area contributed by atoms with E-state index in [0.29, 0.717) is 0 Å². The Morgan fingerprint density at radius 2 is 1.64 bits per heavy atom. The van der Waals surface area contributed by atoms with Gasteiger partial charge >= 0.3 is 18.3 Å². The monoisotopic (exact) mass is 224 g/mol. The van der Waals surface area contributed by atoms with Crippen molar-refractivity contribution in [3.05, 3.63) is 0 Å². The third-order valence-corrected chi connectivity index (χ3v) is 1.19. The first-order valence-corrected chi connectivity index (χ1v) is 3.23. The van der Waals surface area contributed by atoms with Crippen LogP contribution in [0, 0.1) is 0 Å². The molecule has 0 fully saturated rings. The molecule has 1 amide bonds. The van der Waals surface area contributed by atoms with E-state index in [4.69, 9.17) is 0 Å². The molecule has 0 aliphatic carbocycles. The molecule has 0 saturated heterocycles. The molecule has 1 atom stereocenters. The zero-order valence-corrected chi connectivity index (χ0v) is 6.54. The van der Waals surface area contributed by atoms with E-state index in [9.17, 15) is 31.1 Å². The van der Waals surface area contributed by atoms with E-state index in [2.05, 4.69) is 5.73 Å². The molecular formula is C5H6F6N2O. The second kappa shape index (κ2) is 4.03. The molecule has 3 nitrogen and oxygen atoms in total. The summed E-state index contributed by atoms with van der Waals surface area (Å²) in [6.07, 6.45) is -10.3. The fourth-order valence-electron chi connectivity index (χ4n) is 0.514. The van der Waals surface area contributed by atoms with E-state index >= 15 is 0 Å². The van der Waals surface area contributed by atoms with Crippen LogP contribution in [-0.4, -0.2) is 30.8 Å². The van der Waals surface area contributed by atoms with Gasteiger partial charge in [0.2, 0.25) is 0 Å². The van der Waals surface area contributed by atoms with Crippen molar-refractivity contribution < 1.29 is 31.1 Å². The fraction of sp³-hybridized carbons (Fsp3) is 0.800.